The predicted molar refractivity (Wildman–Crippen MR) is 36.1 cm³/mol. The van der Waals surface area contributed by atoms with Crippen LogP contribution in [0.15, 0.2) is 0 Å². The molecule has 0 aromatic carbocycles. The molecule has 0 saturated carbocycles. The summed E-state index contributed by atoms with van der Waals surface area (Å²) in [5.74, 6) is 1.01. The molecule has 4 heteroatoms. The summed E-state index contributed by atoms with van der Waals surface area (Å²) in [6.07, 6.45) is 0. The Morgan fingerprint density at radius 3 is 3.56 bits per heavy atom. The topological polar surface area (TPSA) is 35.4 Å². The molecule has 2 aliphatic heterocycles. The number of ether oxygens (including phenoxy) is 1. The highest BCUT2D eigenvalue weighted by atomic mass is 32.2. The Morgan fingerprint density at radius 1 is 1.67 bits per heavy atom. The molecular formula is C5H9N2OS. The van der Waals surface area contributed by atoms with Crippen molar-refractivity contribution in [3.63, 3.8) is 0 Å². The Hall–Kier alpha value is 0.230. The molecule has 0 amide bonds. The highest BCUT2D eigenvalue weighted by Crippen LogP contribution is 2.22. The van der Waals surface area contributed by atoms with Gasteiger partial charge in [0.15, 0.2) is 0 Å². The molecule has 0 spiro atoms. The van der Waals surface area contributed by atoms with Gasteiger partial charge in [-0.25, -0.2) is 5.32 Å². The zero-order valence-electron chi connectivity index (χ0n) is 5.04. The summed E-state index contributed by atoms with van der Waals surface area (Å²) < 4.78 is 5.31. The molecule has 2 aliphatic rings. The number of hydrogen-bond acceptors (Lipinski definition) is 3. The lowest BCUT2D eigenvalue weighted by Crippen LogP contribution is -2.41. The molecule has 2 saturated heterocycles. The van der Waals surface area contributed by atoms with Crippen LogP contribution in [0.1, 0.15) is 0 Å². The zero-order chi connectivity index (χ0) is 6.10. The average molecular weight is 145 g/mol. The lowest BCUT2D eigenvalue weighted by atomic mass is 10.3. The number of thioether (sulfide) groups is 1. The van der Waals surface area contributed by atoms with Crippen molar-refractivity contribution in [3.05, 3.63) is 0 Å². The van der Waals surface area contributed by atoms with Crippen LogP contribution >= 0.6 is 11.8 Å². The number of nitrogens with one attached hydrogen (secondary N) is 1. The quantitative estimate of drug-likeness (QED) is 0.502. The first kappa shape index (κ1) is 5.97. The minimum atomic E-state index is 0.353. The van der Waals surface area contributed by atoms with Gasteiger partial charge in [-0.15, -0.1) is 11.8 Å². The molecule has 3 nitrogen and oxygen atoms in total. The molecule has 2 rings (SSSR count). The molecule has 2 fully saturated rings. The van der Waals surface area contributed by atoms with Crippen LogP contribution in [-0.2, 0) is 4.74 Å². The summed E-state index contributed by atoms with van der Waals surface area (Å²) in [6, 6.07) is 0.420. The molecule has 0 aliphatic carbocycles. The van der Waals surface area contributed by atoms with Crippen molar-refractivity contribution in [1.29, 1.82) is 0 Å². The van der Waals surface area contributed by atoms with Gasteiger partial charge in [-0.2, -0.15) is 0 Å². The van der Waals surface area contributed by atoms with Gasteiger partial charge in [0.1, 0.15) is 12.2 Å². The monoisotopic (exact) mass is 145 g/mol. The fourth-order valence-corrected chi connectivity index (χ4v) is 2.04. The minimum Gasteiger partial charge on any atom is -0.349 e. The van der Waals surface area contributed by atoms with Crippen molar-refractivity contribution < 1.29 is 4.74 Å². The summed E-state index contributed by atoms with van der Waals surface area (Å²) in [5.41, 5.74) is 0.353. The summed E-state index contributed by atoms with van der Waals surface area (Å²) in [5, 5.41) is 7.50. The van der Waals surface area contributed by atoms with Crippen LogP contribution in [0.3, 0.4) is 0 Å². The average Bonchev–Trinajstić information content (AvgIpc) is 2.33. The van der Waals surface area contributed by atoms with E-state index in [-0.39, 0.29) is 0 Å². The Bertz CT molecular complexity index is 99.1. The molecule has 0 bridgehead atoms. The molecule has 1 radical (unpaired) electrons. The number of nitrogens with zero attached hydrogens (tertiary/aromatic N) is 1. The Kier molecular flexibility index (Phi) is 1.63. The third-order valence-corrected chi connectivity index (χ3v) is 2.71. The van der Waals surface area contributed by atoms with Gasteiger partial charge in [-0.3, -0.25) is 0 Å². The highest BCUT2D eigenvalue weighted by Gasteiger charge is 2.31. The van der Waals surface area contributed by atoms with Crippen LogP contribution in [0, 0.1) is 0 Å². The molecule has 2 heterocycles. The second-order valence-corrected chi connectivity index (χ2v) is 3.27. The van der Waals surface area contributed by atoms with Crippen LogP contribution in [0.5, 0.6) is 0 Å². The number of rotatable bonds is 0. The standard InChI is InChI=1S/C5H9N2OS/c1-4-5(8-2-7-4)9-3-6-1/h4-6H,1-3H2. The van der Waals surface area contributed by atoms with Gasteiger partial charge in [-0.05, 0) is 0 Å². The molecule has 51 valence electrons. The second kappa shape index (κ2) is 2.46. The Morgan fingerprint density at radius 2 is 2.67 bits per heavy atom. The van der Waals surface area contributed by atoms with Crippen LogP contribution < -0.4 is 10.6 Å². The maximum Gasteiger partial charge on any atom is 0.124 e. The maximum absolute atomic E-state index is 5.31. The van der Waals surface area contributed by atoms with Crippen LogP contribution in [0.2, 0.25) is 0 Å². The fourth-order valence-electron chi connectivity index (χ4n) is 1.08. The van der Waals surface area contributed by atoms with E-state index >= 15 is 0 Å². The normalized spacial score (nSPS) is 42.7. The summed E-state index contributed by atoms with van der Waals surface area (Å²) in [6.45, 7) is 1.60. The predicted octanol–water partition coefficient (Wildman–Crippen LogP) is -0.433. The summed E-state index contributed by atoms with van der Waals surface area (Å²) >= 11 is 1.81. The maximum atomic E-state index is 5.31. The van der Waals surface area contributed by atoms with Crippen molar-refractivity contribution in [2.24, 2.45) is 0 Å². The first-order chi connectivity index (χ1) is 4.47. The number of fused-ring (bicyclic) bond motifs is 1. The van der Waals surface area contributed by atoms with Crippen molar-refractivity contribution in [1.82, 2.24) is 10.6 Å². The molecule has 0 aromatic heterocycles. The lowest BCUT2D eigenvalue weighted by Gasteiger charge is -2.22. The lowest BCUT2D eigenvalue weighted by molar-refractivity contribution is 0.162. The third-order valence-electron chi connectivity index (χ3n) is 1.57. The third kappa shape index (κ3) is 1.08. The molecular weight excluding hydrogens is 136 g/mol. The van der Waals surface area contributed by atoms with Gasteiger partial charge in [0.25, 0.3) is 0 Å². The zero-order valence-corrected chi connectivity index (χ0v) is 5.86. The Balaban J connectivity index is 1.97. The van der Waals surface area contributed by atoms with Gasteiger partial charge in [0, 0.05) is 12.4 Å². The van der Waals surface area contributed by atoms with E-state index in [0.717, 1.165) is 12.4 Å². The van der Waals surface area contributed by atoms with Crippen molar-refractivity contribution in [3.8, 4) is 0 Å². The molecule has 2 unspecified atom stereocenters. The highest BCUT2D eigenvalue weighted by molar-refractivity contribution is 7.99. The summed E-state index contributed by atoms with van der Waals surface area (Å²) in [4.78, 5) is 0. The second-order valence-electron chi connectivity index (χ2n) is 2.18. The summed E-state index contributed by atoms with van der Waals surface area (Å²) in [7, 11) is 0. The van der Waals surface area contributed by atoms with E-state index < -0.39 is 0 Å². The first-order valence-corrected chi connectivity index (χ1v) is 4.12. The van der Waals surface area contributed by atoms with Gasteiger partial charge in [-0.1, -0.05) is 0 Å². The first-order valence-electron chi connectivity index (χ1n) is 3.07. The van der Waals surface area contributed by atoms with Crippen molar-refractivity contribution in [2.75, 3.05) is 19.2 Å². The van der Waals surface area contributed by atoms with Gasteiger partial charge < -0.3 is 10.1 Å². The van der Waals surface area contributed by atoms with Gasteiger partial charge in [0.2, 0.25) is 0 Å². The van der Waals surface area contributed by atoms with Crippen molar-refractivity contribution >= 4 is 11.8 Å². The van der Waals surface area contributed by atoms with Crippen LogP contribution in [0.25, 0.3) is 0 Å². The molecule has 2 atom stereocenters. The van der Waals surface area contributed by atoms with E-state index in [0.29, 0.717) is 18.2 Å². The molecule has 9 heavy (non-hydrogen) atoms. The Labute approximate surface area is 58.5 Å². The van der Waals surface area contributed by atoms with E-state index in [1.54, 1.807) is 11.8 Å². The van der Waals surface area contributed by atoms with E-state index in [2.05, 4.69) is 10.6 Å². The van der Waals surface area contributed by atoms with Crippen molar-refractivity contribution in [2.45, 2.75) is 11.5 Å². The molecule has 0 aromatic rings. The van der Waals surface area contributed by atoms with Gasteiger partial charge >= 0.3 is 0 Å². The largest absolute Gasteiger partial charge is 0.349 e. The fraction of sp³-hybridized carbons (Fsp3) is 1.00. The van der Waals surface area contributed by atoms with E-state index in [4.69, 9.17) is 4.74 Å². The SMILES string of the molecule is C1[N]C2CNCSC2O1. The van der Waals surface area contributed by atoms with Crippen LogP contribution in [0.4, 0.5) is 0 Å². The number of hydrogen-bond donors (Lipinski definition) is 1. The molecule has 1 N–H and O–H groups in total. The minimum absolute atomic E-state index is 0.353. The van der Waals surface area contributed by atoms with E-state index in [9.17, 15) is 0 Å². The van der Waals surface area contributed by atoms with Gasteiger partial charge in [0.05, 0.1) is 6.04 Å². The van der Waals surface area contributed by atoms with Crippen LogP contribution in [-0.4, -0.2) is 30.6 Å². The van der Waals surface area contributed by atoms with E-state index in [1.807, 2.05) is 0 Å². The smallest absolute Gasteiger partial charge is 0.124 e. The van der Waals surface area contributed by atoms with E-state index in [1.165, 1.54) is 0 Å².